The van der Waals surface area contributed by atoms with Crippen LogP contribution >= 0.6 is 0 Å². The molecule has 0 bridgehead atoms. The topological polar surface area (TPSA) is 66.4 Å². The van der Waals surface area contributed by atoms with Crippen LogP contribution < -0.4 is 5.32 Å². The molecular formula is C12H27NO3S. The Labute approximate surface area is 106 Å². The molecule has 0 saturated carbocycles. The Morgan fingerprint density at radius 3 is 2.00 bits per heavy atom. The minimum atomic E-state index is -3.07. The first-order chi connectivity index (χ1) is 7.36. The molecule has 0 saturated heterocycles. The highest BCUT2D eigenvalue weighted by Crippen LogP contribution is 2.14. The largest absolute Gasteiger partial charge is 0.389 e. The van der Waals surface area contributed by atoms with Crippen LogP contribution in [0.4, 0.5) is 0 Å². The van der Waals surface area contributed by atoms with Crippen LogP contribution in [0.2, 0.25) is 0 Å². The molecule has 0 aliphatic rings. The van der Waals surface area contributed by atoms with Crippen LogP contribution in [-0.2, 0) is 9.84 Å². The summed E-state index contributed by atoms with van der Waals surface area (Å²) in [4.78, 5) is 0. The van der Waals surface area contributed by atoms with E-state index in [9.17, 15) is 13.5 Å². The summed E-state index contributed by atoms with van der Waals surface area (Å²) in [5.41, 5.74) is -1.07. The summed E-state index contributed by atoms with van der Waals surface area (Å²) in [6.07, 6.45) is 0.261. The first-order valence-corrected chi connectivity index (χ1v) is 7.76. The SMILES string of the molecule is CC(C)S(=O)(=O)CCC(C)(O)CNC(C)(C)C. The zero-order chi connectivity index (χ0) is 13.9. The van der Waals surface area contributed by atoms with Gasteiger partial charge in [0, 0.05) is 12.1 Å². The molecule has 2 N–H and O–H groups in total. The van der Waals surface area contributed by atoms with Gasteiger partial charge >= 0.3 is 0 Å². The lowest BCUT2D eigenvalue weighted by Gasteiger charge is -2.29. The third-order valence-corrected chi connectivity index (χ3v) is 4.85. The molecule has 104 valence electrons. The summed E-state index contributed by atoms with van der Waals surface area (Å²) in [6, 6.07) is 0. The lowest BCUT2D eigenvalue weighted by molar-refractivity contribution is 0.0500. The van der Waals surface area contributed by atoms with Gasteiger partial charge < -0.3 is 10.4 Å². The van der Waals surface area contributed by atoms with Crippen LogP contribution in [-0.4, -0.2) is 42.2 Å². The number of hydrogen-bond acceptors (Lipinski definition) is 4. The van der Waals surface area contributed by atoms with Crippen LogP contribution in [0.1, 0.15) is 48.0 Å². The van der Waals surface area contributed by atoms with Gasteiger partial charge in [-0.15, -0.1) is 0 Å². The molecular weight excluding hydrogens is 238 g/mol. The van der Waals surface area contributed by atoms with Gasteiger partial charge in [-0.25, -0.2) is 8.42 Å². The van der Waals surface area contributed by atoms with E-state index in [2.05, 4.69) is 5.32 Å². The first-order valence-electron chi connectivity index (χ1n) is 6.05. The molecule has 0 aliphatic heterocycles. The smallest absolute Gasteiger partial charge is 0.152 e. The van der Waals surface area contributed by atoms with E-state index in [1.54, 1.807) is 20.8 Å². The standard InChI is InChI=1S/C12H27NO3S/c1-10(2)17(15,16)8-7-12(6,14)9-13-11(3,4)5/h10,13-14H,7-9H2,1-6H3. The number of nitrogens with one attached hydrogen (secondary N) is 1. The van der Waals surface area contributed by atoms with Crippen molar-refractivity contribution in [3.63, 3.8) is 0 Å². The minimum Gasteiger partial charge on any atom is -0.389 e. The normalized spacial score (nSPS) is 17.2. The summed E-state index contributed by atoms with van der Waals surface area (Å²) in [5, 5.41) is 12.9. The van der Waals surface area contributed by atoms with E-state index in [0.29, 0.717) is 6.54 Å². The van der Waals surface area contributed by atoms with E-state index >= 15 is 0 Å². The summed E-state index contributed by atoms with van der Waals surface area (Å²) >= 11 is 0. The third kappa shape index (κ3) is 7.73. The zero-order valence-electron chi connectivity index (χ0n) is 11.9. The van der Waals surface area contributed by atoms with Crippen LogP contribution in [0.25, 0.3) is 0 Å². The van der Waals surface area contributed by atoms with Crippen molar-refractivity contribution in [2.75, 3.05) is 12.3 Å². The van der Waals surface area contributed by atoms with Crippen molar-refractivity contribution in [1.29, 1.82) is 0 Å². The van der Waals surface area contributed by atoms with E-state index < -0.39 is 15.4 Å². The number of hydrogen-bond donors (Lipinski definition) is 2. The van der Waals surface area contributed by atoms with Crippen LogP contribution in [0.3, 0.4) is 0 Å². The lowest BCUT2D eigenvalue weighted by Crippen LogP contribution is -2.47. The van der Waals surface area contributed by atoms with E-state index in [0.717, 1.165) is 0 Å². The van der Waals surface area contributed by atoms with Gasteiger partial charge in [-0.05, 0) is 48.0 Å². The van der Waals surface area contributed by atoms with Gasteiger partial charge in [0.15, 0.2) is 9.84 Å². The number of aliphatic hydroxyl groups is 1. The molecule has 0 aliphatic carbocycles. The van der Waals surface area contributed by atoms with E-state index in [4.69, 9.17) is 0 Å². The molecule has 0 radical (unpaired) electrons. The van der Waals surface area contributed by atoms with Gasteiger partial charge in [-0.2, -0.15) is 0 Å². The molecule has 0 heterocycles. The van der Waals surface area contributed by atoms with Gasteiger partial charge in [0.2, 0.25) is 0 Å². The molecule has 1 unspecified atom stereocenters. The number of rotatable bonds is 6. The van der Waals surface area contributed by atoms with Crippen molar-refractivity contribution in [1.82, 2.24) is 5.32 Å². The molecule has 5 heteroatoms. The molecule has 1 atom stereocenters. The first kappa shape index (κ1) is 16.9. The van der Waals surface area contributed by atoms with Gasteiger partial charge in [-0.1, -0.05) is 0 Å². The number of sulfone groups is 1. The Balaban J connectivity index is 4.29. The molecule has 0 fully saturated rings. The summed E-state index contributed by atoms with van der Waals surface area (Å²) in [6.45, 7) is 11.4. The maximum atomic E-state index is 11.6. The minimum absolute atomic E-state index is 0.0312. The fraction of sp³-hybridized carbons (Fsp3) is 1.00. The molecule has 0 amide bonds. The zero-order valence-corrected chi connectivity index (χ0v) is 12.7. The van der Waals surface area contributed by atoms with Gasteiger partial charge in [0.05, 0.1) is 16.6 Å². The van der Waals surface area contributed by atoms with E-state index in [-0.39, 0.29) is 23.0 Å². The maximum Gasteiger partial charge on any atom is 0.152 e. The Morgan fingerprint density at radius 1 is 1.18 bits per heavy atom. The van der Waals surface area contributed by atoms with E-state index in [1.165, 1.54) is 0 Å². The van der Waals surface area contributed by atoms with Crippen LogP contribution in [0.15, 0.2) is 0 Å². The van der Waals surface area contributed by atoms with Gasteiger partial charge in [0.1, 0.15) is 0 Å². The van der Waals surface area contributed by atoms with Crippen molar-refractivity contribution < 1.29 is 13.5 Å². The van der Waals surface area contributed by atoms with Gasteiger partial charge in [0.25, 0.3) is 0 Å². The van der Waals surface area contributed by atoms with Crippen molar-refractivity contribution in [3.8, 4) is 0 Å². The Hall–Kier alpha value is -0.130. The Bertz CT molecular complexity index is 326. The highest BCUT2D eigenvalue weighted by atomic mass is 32.2. The summed E-state index contributed by atoms with van der Waals surface area (Å²) in [7, 11) is -3.07. The Morgan fingerprint density at radius 2 is 1.65 bits per heavy atom. The average Bonchev–Trinajstić information content (AvgIpc) is 2.11. The summed E-state index contributed by atoms with van der Waals surface area (Å²) < 4.78 is 23.3. The van der Waals surface area contributed by atoms with Crippen molar-refractivity contribution in [2.45, 2.75) is 64.4 Å². The number of β-amino-alcohol motifs (C(OH)–C–C–N with tert-alkyl or cyclic N) is 1. The van der Waals surface area contributed by atoms with Crippen LogP contribution in [0, 0.1) is 0 Å². The predicted octanol–water partition coefficient (Wildman–Crippen LogP) is 1.34. The van der Waals surface area contributed by atoms with Crippen molar-refractivity contribution in [3.05, 3.63) is 0 Å². The van der Waals surface area contributed by atoms with Crippen molar-refractivity contribution in [2.24, 2.45) is 0 Å². The second-order valence-electron chi connectivity index (χ2n) is 6.27. The molecule has 0 aromatic rings. The monoisotopic (exact) mass is 265 g/mol. The van der Waals surface area contributed by atoms with Gasteiger partial charge in [-0.3, -0.25) is 0 Å². The highest BCUT2D eigenvalue weighted by molar-refractivity contribution is 7.91. The fourth-order valence-electron chi connectivity index (χ4n) is 1.14. The predicted molar refractivity (Wildman–Crippen MR) is 71.9 cm³/mol. The highest BCUT2D eigenvalue weighted by Gasteiger charge is 2.26. The quantitative estimate of drug-likeness (QED) is 0.760. The molecule has 0 spiro atoms. The van der Waals surface area contributed by atoms with Crippen LogP contribution in [0.5, 0.6) is 0 Å². The van der Waals surface area contributed by atoms with E-state index in [1.807, 2.05) is 20.8 Å². The second kappa shape index (κ2) is 5.67. The Kier molecular flexibility index (Phi) is 5.63. The molecule has 0 aromatic heterocycles. The summed E-state index contributed by atoms with van der Waals surface area (Å²) in [5.74, 6) is 0.0312. The molecule has 0 aromatic carbocycles. The second-order valence-corrected chi connectivity index (χ2v) is 8.94. The molecule has 0 rings (SSSR count). The average molecular weight is 265 g/mol. The molecule has 17 heavy (non-hydrogen) atoms. The molecule has 4 nitrogen and oxygen atoms in total. The fourth-order valence-corrected chi connectivity index (χ4v) is 2.34. The third-order valence-electron chi connectivity index (χ3n) is 2.64. The maximum absolute atomic E-state index is 11.6. The lowest BCUT2D eigenvalue weighted by atomic mass is 10.0. The van der Waals surface area contributed by atoms with Crippen molar-refractivity contribution >= 4 is 9.84 Å².